The van der Waals surface area contributed by atoms with Gasteiger partial charge in [0.1, 0.15) is 6.04 Å². The molecule has 0 aliphatic carbocycles. The molecule has 0 fully saturated rings. The number of amides is 3. The van der Waals surface area contributed by atoms with Gasteiger partial charge in [-0.1, -0.05) is 42.5 Å². The predicted molar refractivity (Wildman–Crippen MR) is 121 cm³/mol. The Hall–Kier alpha value is -2.71. The van der Waals surface area contributed by atoms with Crippen molar-refractivity contribution in [3.8, 4) is 0 Å². The van der Waals surface area contributed by atoms with Crippen LogP contribution in [0.25, 0.3) is 0 Å². The summed E-state index contributed by atoms with van der Waals surface area (Å²) in [7, 11) is 1.73. The van der Waals surface area contributed by atoms with Crippen LogP contribution in [0.1, 0.15) is 50.5 Å². The van der Waals surface area contributed by atoms with Gasteiger partial charge < -0.3 is 15.0 Å². The van der Waals surface area contributed by atoms with Gasteiger partial charge in [0.2, 0.25) is 17.7 Å². The summed E-state index contributed by atoms with van der Waals surface area (Å²) < 4.78 is 5.76. The fourth-order valence-corrected chi connectivity index (χ4v) is 3.63. The van der Waals surface area contributed by atoms with Gasteiger partial charge in [-0.25, -0.2) is 5.48 Å². The minimum Gasteiger partial charge on any atom is -0.374 e. The normalized spacial score (nSPS) is 22.4. The molecule has 0 saturated heterocycles. The topological polar surface area (TPSA) is 108 Å². The van der Waals surface area contributed by atoms with E-state index in [1.807, 2.05) is 30.3 Å². The van der Waals surface area contributed by atoms with E-state index in [0.29, 0.717) is 19.6 Å². The number of carbonyl (C=O) groups is 3. The van der Waals surface area contributed by atoms with E-state index in [-0.39, 0.29) is 24.8 Å². The zero-order valence-electron chi connectivity index (χ0n) is 18.8. The Bertz CT molecular complexity index is 753. The number of hydrogen-bond donors (Lipinski definition) is 3. The van der Waals surface area contributed by atoms with Crippen LogP contribution in [-0.4, -0.2) is 54.1 Å². The number of likely N-dealkylation sites (N-methyl/N-ethyl adjacent to an activating group) is 1. The van der Waals surface area contributed by atoms with Crippen molar-refractivity contribution in [3.63, 3.8) is 0 Å². The maximum absolute atomic E-state index is 13.1. The third-order valence-corrected chi connectivity index (χ3v) is 5.52. The minimum atomic E-state index is -0.848. The van der Waals surface area contributed by atoms with Gasteiger partial charge in [-0.15, -0.1) is 0 Å². The number of carbonyl (C=O) groups excluding carboxylic acids is 3. The molecule has 1 aliphatic heterocycles. The molecule has 1 heterocycles. The standard InChI is InChI=1S/C24H35N3O5/c1-27-15-11-6-4-2-3-5-10-14-20(16-22(28)26-31)23(29)25-21(24(27)30)18-32-17-19-12-8-7-9-13-19/h2-3,7-9,12-13,20-21,31H,4-6,10-11,14-18H2,1H3,(H,25,29)(H,26,28)/b3-2+/t20-,21+/m1/s1. The average Bonchev–Trinajstić information content (AvgIpc) is 2.81. The monoisotopic (exact) mass is 445 g/mol. The van der Waals surface area contributed by atoms with E-state index in [1.165, 1.54) is 0 Å². The third-order valence-electron chi connectivity index (χ3n) is 5.52. The number of allylic oxidation sites excluding steroid dienone is 2. The van der Waals surface area contributed by atoms with Crippen molar-refractivity contribution in [2.24, 2.45) is 5.92 Å². The van der Waals surface area contributed by atoms with Gasteiger partial charge in [0, 0.05) is 25.9 Å². The molecule has 2 atom stereocenters. The molecular weight excluding hydrogens is 410 g/mol. The van der Waals surface area contributed by atoms with Crippen LogP contribution in [0.15, 0.2) is 42.5 Å². The van der Waals surface area contributed by atoms with E-state index in [2.05, 4.69) is 17.5 Å². The fraction of sp³-hybridized carbons (Fsp3) is 0.542. The fourth-order valence-electron chi connectivity index (χ4n) is 3.63. The zero-order chi connectivity index (χ0) is 23.2. The van der Waals surface area contributed by atoms with E-state index in [1.54, 1.807) is 17.4 Å². The number of hydrogen-bond acceptors (Lipinski definition) is 5. The predicted octanol–water partition coefficient (Wildman–Crippen LogP) is 2.57. The van der Waals surface area contributed by atoms with Crippen LogP contribution in [0.4, 0.5) is 0 Å². The molecule has 8 heteroatoms. The summed E-state index contributed by atoms with van der Waals surface area (Å²) in [6.07, 6.45) is 8.89. The number of benzene rings is 1. The highest BCUT2D eigenvalue weighted by atomic mass is 16.5. The summed E-state index contributed by atoms with van der Waals surface area (Å²) in [5, 5.41) is 11.7. The zero-order valence-corrected chi connectivity index (χ0v) is 18.8. The maximum Gasteiger partial charge on any atom is 0.247 e. The van der Waals surface area contributed by atoms with Crippen LogP contribution in [0.3, 0.4) is 0 Å². The lowest BCUT2D eigenvalue weighted by molar-refractivity contribution is -0.140. The molecule has 0 unspecified atom stereocenters. The first kappa shape index (κ1) is 25.5. The summed E-state index contributed by atoms with van der Waals surface area (Å²) in [4.78, 5) is 39.4. The van der Waals surface area contributed by atoms with Gasteiger partial charge in [0.05, 0.1) is 13.2 Å². The second-order valence-electron chi connectivity index (χ2n) is 8.16. The first-order valence-corrected chi connectivity index (χ1v) is 11.3. The lowest BCUT2D eigenvalue weighted by atomic mass is 9.96. The Morgan fingerprint density at radius 3 is 2.59 bits per heavy atom. The number of nitrogens with zero attached hydrogens (tertiary/aromatic N) is 1. The molecule has 0 saturated carbocycles. The van der Waals surface area contributed by atoms with Gasteiger partial charge in [0.25, 0.3) is 0 Å². The lowest BCUT2D eigenvalue weighted by Crippen LogP contribution is -2.51. The molecule has 3 N–H and O–H groups in total. The lowest BCUT2D eigenvalue weighted by Gasteiger charge is -2.26. The highest BCUT2D eigenvalue weighted by molar-refractivity contribution is 5.90. The third kappa shape index (κ3) is 9.20. The highest BCUT2D eigenvalue weighted by Crippen LogP contribution is 2.15. The largest absolute Gasteiger partial charge is 0.374 e. The van der Waals surface area contributed by atoms with Gasteiger partial charge in [-0.3, -0.25) is 19.6 Å². The van der Waals surface area contributed by atoms with Gasteiger partial charge in [0.15, 0.2) is 0 Å². The highest BCUT2D eigenvalue weighted by Gasteiger charge is 2.29. The summed E-state index contributed by atoms with van der Waals surface area (Å²) in [5.41, 5.74) is 2.57. The van der Waals surface area contributed by atoms with E-state index < -0.39 is 17.9 Å². The van der Waals surface area contributed by atoms with Gasteiger partial charge in [-0.2, -0.15) is 0 Å². The molecule has 2 rings (SSSR count). The van der Waals surface area contributed by atoms with Crippen molar-refractivity contribution in [2.75, 3.05) is 20.2 Å². The van der Waals surface area contributed by atoms with E-state index in [9.17, 15) is 14.4 Å². The molecule has 1 aromatic rings. The first-order chi connectivity index (χ1) is 15.5. The molecule has 1 aliphatic rings. The molecule has 176 valence electrons. The molecule has 0 bridgehead atoms. The van der Waals surface area contributed by atoms with E-state index in [4.69, 9.17) is 9.94 Å². The Morgan fingerprint density at radius 2 is 1.88 bits per heavy atom. The second-order valence-corrected chi connectivity index (χ2v) is 8.16. The summed E-state index contributed by atoms with van der Waals surface area (Å²) in [5.74, 6) is -1.88. The average molecular weight is 446 g/mol. The summed E-state index contributed by atoms with van der Waals surface area (Å²) in [6.45, 7) is 0.949. The number of nitrogens with one attached hydrogen (secondary N) is 2. The summed E-state index contributed by atoms with van der Waals surface area (Å²) in [6, 6.07) is 8.75. The second kappa shape index (κ2) is 14.4. The van der Waals surface area contributed by atoms with Crippen molar-refractivity contribution in [1.82, 2.24) is 15.7 Å². The van der Waals surface area contributed by atoms with Crippen LogP contribution in [0.5, 0.6) is 0 Å². The maximum atomic E-state index is 13.1. The molecule has 8 nitrogen and oxygen atoms in total. The first-order valence-electron chi connectivity index (χ1n) is 11.3. The Balaban J connectivity index is 2.11. The van der Waals surface area contributed by atoms with E-state index >= 15 is 0 Å². The Labute approximate surface area is 190 Å². The molecule has 1 aromatic carbocycles. The van der Waals surface area contributed by atoms with Crippen molar-refractivity contribution < 1.29 is 24.3 Å². The Morgan fingerprint density at radius 1 is 1.16 bits per heavy atom. The summed E-state index contributed by atoms with van der Waals surface area (Å²) >= 11 is 0. The number of hydroxylamine groups is 1. The van der Waals surface area contributed by atoms with Crippen molar-refractivity contribution in [2.45, 2.75) is 57.6 Å². The number of rotatable bonds is 6. The van der Waals surface area contributed by atoms with Crippen LogP contribution in [0, 0.1) is 5.92 Å². The van der Waals surface area contributed by atoms with Crippen LogP contribution >= 0.6 is 0 Å². The quantitative estimate of drug-likeness (QED) is 0.354. The van der Waals surface area contributed by atoms with Crippen molar-refractivity contribution in [3.05, 3.63) is 48.0 Å². The van der Waals surface area contributed by atoms with Crippen molar-refractivity contribution in [1.29, 1.82) is 0 Å². The van der Waals surface area contributed by atoms with Crippen LogP contribution < -0.4 is 10.8 Å². The van der Waals surface area contributed by atoms with Gasteiger partial charge in [-0.05, 0) is 44.1 Å². The smallest absolute Gasteiger partial charge is 0.247 e. The molecule has 0 spiro atoms. The SMILES string of the molecule is CN1CCCC/C=C/CCC[C@H](CC(=O)NO)C(=O)N[C@@H](COCc2ccccc2)C1=O. The molecular formula is C24H35N3O5. The van der Waals surface area contributed by atoms with Crippen molar-refractivity contribution >= 4 is 17.7 Å². The van der Waals surface area contributed by atoms with Crippen LogP contribution in [0.2, 0.25) is 0 Å². The van der Waals surface area contributed by atoms with Gasteiger partial charge >= 0.3 is 0 Å². The Kier molecular flexibility index (Phi) is 11.5. The van der Waals surface area contributed by atoms with Crippen LogP contribution in [-0.2, 0) is 25.7 Å². The minimum absolute atomic E-state index is 0.0320. The molecule has 3 amide bonds. The molecule has 0 aromatic heterocycles. The molecule has 0 radical (unpaired) electrons. The van der Waals surface area contributed by atoms with E-state index in [0.717, 1.165) is 37.7 Å². The number of ether oxygens (including phenoxy) is 1. The molecule has 32 heavy (non-hydrogen) atoms.